The summed E-state index contributed by atoms with van der Waals surface area (Å²) in [4.78, 5) is 81.8. The molecule has 0 spiro atoms. The number of amides is 2. The molecule has 0 aromatic heterocycles. The number of carbonyl (C=O) groups excluding carboxylic acids is 5. The molecule has 14 nitrogen and oxygen atoms in total. The predicted molar refractivity (Wildman–Crippen MR) is 183 cm³/mol. The van der Waals surface area contributed by atoms with Gasteiger partial charge in [-0.1, -0.05) is 73.8 Å². The number of carboxylic acids is 2. The number of fused-ring (bicyclic) bond motifs is 3. The third kappa shape index (κ3) is 15.8. The number of carbonyl (C=O) groups is 6. The normalized spacial score (nSPS) is 12.7. The minimum atomic E-state index is -1.28. The van der Waals surface area contributed by atoms with Gasteiger partial charge in [-0.05, 0) is 41.5 Å². The van der Waals surface area contributed by atoms with Crippen LogP contribution in [0.1, 0.15) is 81.3 Å². The van der Waals surface area contributed by atoms with Crippen LogP contribution in [0.4, 0.5) is 4.79 Å². The molecule has 1 radical (unpaired) electrons. The quantitative estimate of drug-likeness (QED) is 0.0610. The number of aliphatic carboxylic acids is 2. The predicted octanol–water partition coefficient (Wildman–Crippen LogP) is 3.73. The van der Waals surface area contributed by atoms with E-state index in [2.05, 4.69) is 10.6 Å². The van der Waals surface area contributed by atoms with Gasteiger partial charge in [-0.2, -0.15) is 0 Å². The zero-order chi connectivity index (χ0) is 37.0. The van der Waals surface area contributed by atoms with Crippen molar-refractivity contribution in [2.45, 2.75) is 82.2 Å². The molecule has 2 amide bonds. The fourth-order valence-corrected chi connectivity index (χ4v) is 5.73. The van der Waals surface area contributed by atoms with Crippen molar-refractivity contribution >= 4 is 41.8 Å². The Balaban J connectivity index is 0.00000936. The number of rotatable bonds is 26. The summed E-state index contributed by atoms with van der Waals surface area (Å²) >= 11 is 0. The third-order valence-corrected chi connectivity index (χ3v) is 8.27. The Morgan fingerprint density at radius 1 is 0.731 bits per heavy atom. The molecular formula is C37H45N2O12Y-. The van der Waals surface area contributed by atoms with E-state index < -0.39 is 54.8 Å². The minimum Gasteiger partial charge on any atom is -0.540 e. The maximum atomic E-state index is 12.5. The van der Waals surface area contributed by atoms with Crippen molar-refractivity contribution in [3.63, 3.8) is 0 Å². The Bertz CT molecular complexity index is 1470. The molecule has 3 rings (SSSR count). The van der Waals surface area contributed by atoms with Gasteiger partial charge >= 0.3 is 18.0 Å². The van der Waals surface area contributed by atoms with Gasteiger partial charge in [0, 0.05) is 64.5 Å². The zero-order valence-corrected chi connectivity index (χ0v) is 31.9. The van der Waals surface area contributed by atoms with Gasteiger partial charge in [0.05, 0.1) is 13.2 Å². The van der Waals surface area contributed by atoms with Crippen LogP contribution in [0.5, 0.6) is 0 Å². The van der Waals surface area contributed by atoms with E-state index in [9.17, 15) is 38.7 Å². The molecule has 0 saturated carbocycles. The van der Waals surface area contributed by atoms with Crippen LogP contribution in [0.15, 0.2) is 48.5 Å². The first-order valence-corrected chi connectivity index (χ1v) is 17.0. The fourth-order valence-electron chi connectivity index (χ4n) is 5.73. The van der Waals surface area contributed by atoms with Crippen molar-refractivity contribution in [3.05, 3.63) is 59.7 Å². The Labute approximate surface area is 327 Å². The monoisotopic (exact) mass is 798 g/mol. The maximum absolute atomic E-state index is 12.5. The largest absolute Gasteiger partial charge is 0.540 e. The Morgan fingerprint density at radius 2 is 1.37 bits per heavy atom. The second kappa shape index (κ2) is 24.4. The topological polar surface area (TPSA) is 212 Å². The number of alkyl carbamates (subject to hydrolysis) is 1. The maximum Gasteiger partial charge on any atom is 0.405 e. The number of ketones is 2. The number of hydrogen-bond acceptors (Lipinski definition) is 10. The van der Waals surface area contributed by atoms with Crippen LogP contribution in [-0.2, 0) is 75.7 Å². The summed E-state index contributed by atoms with van der Waals surface area (Å²) in [6.45, 7) is 0.0993. The van der Waals surface area contributed by atoms with Gasteiger partial charge in [0.2, 0.25) is 5.91 Å². The molecule has 279 valence electrons. The van der Waals surface area contributed by atoms with Crippen molar-refractivity contribution in [2.75, 3.05) is 33.0 Å². The van der Waals surface area contributed by atoms with E-state index in [0.29, 0.717) is 32.1 Å². The molecule has 0 fully saturated rings. The van der Waals surface area contributed by atoms with E-state index in [-0.39, 0.29) is 96.5 Å². The van der Waals surface area contributed by atoms with Gasteiger partial charge < -0.3 is 39.9 Å². The molecule has 52 heavy (non-hydrogen) atoms. The first kappa shape index (κ1) is 44.3. The summed E-state index contributed by atoms with van der Waals surface area (Å²) < 4.78 is 15.9. The first-order chi connectivity index (χ1) is 24.6. The number of benzene rings is 2. The molecule has 0 bridgehead atoms. The van der Waals surface area contributed by atoms with E-state index in [4.69, 9.17) is 19.3 Å². The SMILES string of the molecule is O=[C-]C(CCCCCC(=O)CCC(NC(=O)COCCOCCCC(=O)CC(=O)O)C(=O)O)NC(=O)OCC1c2ccccc2-c2ccccc21.[Y]. The van der Waals surface area contributed by atoms with Crippen molar-refractivity contribution in [3.8, 4) is 11.1 Å². The van der Waals surface area contributed by atoms with Crippen molar-refractivity contribution in [2.24, 2.45) is 0 Å². The molecule has 0 saturated heterocycles. The molecule has 15 heteroatoms. The van der Waals surface area contributed by atoms with Crippen LogP contribution >= 0.6 is 0 Å². The van der Waals surface area contributed by atoms with Crippen LogP contribution in [0.2, 0.25) is 0 Å². The Hall–Kier alpha value is -3.85. The van der Waals surface area contributed by atoms with Gasteiger partial charge in [0.25, 0.3) is 0 Å². The summed E-state index contributed by atoms with van der Waals surface area (Å²) in [5.74, 6) is -3.79. The molecular weight excluding hydrogens is 753 g/mol. The number of carboxylic acid groups (broad SMARTS) is 2. The summed E-state index contributed by atoms with van der Waals surface area (Å²) in [5.41, 5.74) is 4.37. The second-order valence-corrected chi connectivity index (χ2v) is 12.2. The van der Waals surface area contributed by atoms with Crippen molar-refractivity contribution < 1.29 is 90.7 Å². The van der Waals surface area contributed by atoms with Crippen LogP contribution in [0.3, 0.4) is 0 Å². The van der Waals surface area contributed by atoms with Crippen LogP contribution in [-0.4, -0.2) is 97.1 Å². The molecule has 2 aromatic carbocycles. The number of ether oxygens (including phenoxy) is 3. The molecule has 2 aromatic rings. The minimum absolute atomic E-state index is 0. The summed E-state index contributed by atoms with van der Waals surface area (Å²) in [7, 11) is 0. The van der Waals surface area contributed by atoms with E-state index in [1.165, 1.54) is 0 Å². The van der Waals surface area contributed by atoms with Crippen LogP contribution in [0, 0.1) is 0 Å². The Kier molecular flexibility index (Phi) is 20.8. The van der Waals surface area contributed by atoms with E-state index >= 15 is 0 Å². The van der Waals surface area contributed by atoms with Gasteiger partial charge in [-0.15, -0.1) is 0 Å². The number of unbranched alkanes of at least 4 members (excludes halogenated alkanes) is 2. The standard InChI is InChI=1S/C37H45N2O12.Y/c40-22-25(38-37(48)51-23-32-30-14-6-4-12-28(30)29-13-5-7-15-31(29)32)9-2-1-3-10-26(41)16-17-33(36(46)47)39-34(43)24-50-20-19-49-18-8-11-27(42)21-35(44)45;/h4-7,12-15,25,32-33H,1-3,8-11,16-21,23-24H2,(H,38,48)(H,39,43)(H,44,45)(H,46,47);/q-1;. The molecule has 4 N–H and O–H groups in total. The fraction of sp³-hybridized carbons (Fsp3) is 0.486. The molecule has 2 atom stereocenters. The van der Waals surface area contributed by atoms with Gasteiger partial charge in [0.1, 0.15) is 37.2 Å². The first-order valence-electron chi connectivity index (χ1n) is 17.0. The van der Waals surface area contributed by atoms with Crippen LogP contribution < -0.4 is 10.6 Å². The molecule has 1 aliphatic rings. The van der Waals surface area contributed by atoms with Gasteiger partial charge in [-0.25, -0.2) is 15.9 Å². The van der Waals surface area contributed by atoms with E-state index in [1.54, 1.807) is 0 Å². The third-order valence-electron chi connectivity index (χ3n) is 8.27. The van der Waals surface area contributed by atoms with Crippen molar-refractivity contribution in [1.29, 1.82) is 0 Å². The zero-order valence-electron chi connectivity index (χ0n) is 29.0. The molecule has 0 aliphatic heterocycles. The average molecular weight is 799 g/mol. The molecule has 0 heterocycles. The summed E-state index contributed by atoms with van der Waals surface area (Å²) in [6.07, 6.45) is 3.06. The summed E-state index contributed by atoms with van der Waals surface area (Å²) in [6, 6.07) is 13.8. The van der Waals surface area contributed by atoms with E-state index in [0.717, 1.165) is 22.3 Å². The number of Topliss-reactive ketones (excluding diaryl/α,β-unsaturated/α-hetero) is 2. The Morgan fingerprint density at radius 3 is 2.00 bits per heavy atom. The number of hydrogen-bond donors (Lipinski definition) is 4. The molecule has 2 unspecified atom stereocenters. The average Bonchev–Trinajstić information content (AvgIpc) is 3.42. The smallest absolute Gasteiger partial charge is 0.405 e. The molecule has 1 aliphatic carbocycles. The van der Waals surface area contributed by atoms with Crippen molar-refractivity contribution in [1.82, 2.24) is 10.6 Å². The van der Waals surface area contributed by atoms with Gasteiger partial charge in [0.15, 0.2) is 0 Å². The van der Waals surface area contributed by atoms with E-state index in [1.807, 2.05) is 54.8 Å². The van der Waals surface area contributed by atoms with Crippen LogP contribution in [0.25, 0.3) is 11.1 Å². The van der Waals surface area contributed by atoms with Gasteiger partial charge in [-0.3, -0.25) is 19.2 Å². The second-order valence-electron chi connectivity index (χ2n) is 12.2. The number of nitrogens with one attached hydrogen (secondary N) is 2. The summed E-state index contributed by atoms with van der Waals surface area (Å²) in [5, 5.41) is 22.9.